The van der Waals surface area contributed by atoms with Crippen LogP contribution in [-0.2, 0) is 65.4 Å². The second-order valence-electron chi connectivity index (χ2n) is 28.7. The largest absolute Gasteiger partial charge is 1.00 e. The van der Waals surface area contributed by atoms with Gasteiger partial charge in [-0.05, 0) is 115 Å². The van der Waals surface area contributed by atoms with Gasteiger partial charge in [-0.1, -0.05) is 232 Å². The summed E-state index contributed by atoms with van der Waals surface area (Å²) in [6, 6.07) is 3.89. The third kappa shape index (κ3) is 65.7. The molecule has 0 fully saturated rings. The number of ether oxygens (including phenoxy) is 4. The summed E-state index contributed by atoms with van der Waals surface area (Å²) in [6.07, 6.45) is 43.3. The number of hydrogen-bond donors (Lipinski definition) is 8. The van der Waals surface area contributed by atoms with E-state index in [0.717, 1.165) is 167 Å². The van der Waals surface area contributed by atoms with Crippen LogP contribution >= 0.6 is 15.6 Å². The van der Waals surface area contributed by atoms with Crippen LogP contribution in [0.5, 0.6) is 0 Å². The Morgan fingerprint density at radius 1 is 0.400 bits per heavy atom. The molecule has 0 aromatic heterocycles. The summed E-state index contributed by atoms with van der Waals surface area (Å²) in [5.41, 5.74) is -0.150. The van der Waals surface area contributed by atoms with E-state index < -0.39 is 102 Å². The third-order valence-corrected chi connectivity index (χ3v) is 20.4. The molecule has 0 bridgehead atoms. The molecule has 630 valence electrons. The number of allylic oxidation sites excluding steroid dienone is 4. The van der Waals surface area contributed by atoms with Crippen molar-refractivity contribution in [3.63, 3.8) is 0 Å². The van der Waals surface area contributed by atoms with Gasteiger partial charge in [0.15, 0.2) is 0 Å². The van der Waals surface area contributed by atoms with Gasteiger partial charge < -0.3 is 63.1 Å². The molecule has 1 rings (SSSR count). The van der Waals surface area contributed by atoms with Gasteiger partial charge in [-0.25, -0.2) is 9.13 Å². The smallest absolute Gasteiger partial charge is 1.00 e. The molecule has 0 radical (unpaired) electrons. The summed E-state index contributed by atoms with van der Waals surface area (Å²) in [7, 11) is -9.68. The zero-order chi connectivity index (χ0) is 79.4. The molecule has 1 aromatic carbocycles. The Kier molecular flexibility index (Phi) is 75.1. The van der Waals surface area contributed by atoms with Gasteiger partial charge in [-0.2, -0.15) is 0 Å². The number of aliphatic hydroxyl groups is 2. The van der Waals surface area contributed by atoms with Gasteiger partial charge in [-0.15, -0.1) is 0 Å². The molecule has 0 aliphatic carbocycles. The number of esters is 2. The Morgan fingerprint density at radius 3 is 1.05 bits per heavy atom. The third-order valence-electron chi connectivity index (χ3n) is 18.4. The predicted molar refractivity (Wildman–Crippen MR) is 430 cm³/mol. The summed E-state index contributed by atoms with van der Waals surface area (Å²) in [5.74, 6) is -3.22. The number of carbonyl (C=O) groups is 6. The maximum absolute atomic E-state index is 13.7. The van der Waals surface area contributed by atoms with Crippen LogP contribution in [-0.4, -0.2) is 158 Å². The van der Waals surface area contributed by atoms with Crippen molar-refractivity contribution in [1.82, 2.24) is 21.3 Å². The zero-order valence-corrected chi connectivity index (χ0v) is 75.3. The Balaban J connectivity index is -0.0000146. The van der Waals surface area contributed by atoms with Crippen molar-refractivity contribution >= 4 is 51.2 Å². The number of phosphoric ester groups is 2. The second-order valence-corrected chi connectivity index (χ2v) is 31.6. The summed E-state index contributed by atoms with van der Waals surface area (Å²) in [4.78, 5) is 102. The molecule has 0 aliphatic rings. The van der Waals surface area contributed by atoms with E-state index in [1.54, 1.807) is 0 Å². The summed E-state index contributed by atoms with van der Waals surface area (Å²) >= 11 is 0. The van der Waals surface area contributed by atoms with Crippen LogP contribution in [0.4, 0.5) is 0 Å². The van der Waals surface area contributed by atoms with Crippen molar-refractivity contribution in [2.75, 3.05) is 65.9 Å². The topological polar surface area (TPSA) is 339 Å². The van der Waals surface area contributed by atoms with Crippen LogP contribution < -0.4 is 80.4 Å². The number of rotatable bonds is 76. The summed E-state index contributed by atoms with van der Waals surface area (Å²) in [6.45, 7) is 10.2. The first-order valence-corrected chi connectivity index (χ1v) is 44.9. The monoisotopic (exact) mass is 1620 g/mol. The standard InChI is InChI=1S/C82H148N4O20P2.2Na.2H/c1-7-13-19-25-27-29-31-37-43-53-79(91)105-73(49-41-35-23-17-11-5)63-77(89)85-69(65-99-59-55-71(87)47-39-33-21-15-9-3)67-103-107(95,96)101-61-57-83-81(93)75-51-45-46-52-76(75)82(94)84-58-62-102-108(97,98)104-68-70(66-100-60-56-72(88)48-40-34-22-16-10-4)86-78(90)64-74(50-42-36-24-18-12-6)106-80(92)54-44-38-32-30-28-26-20-14-8-2;;;;/h29-32,45-46,51-52,69-74,87-88H,7-28,33-44,47-50,53-68H2,1-6H3,(H,83,93)(H,84,94)(H,85,89)(H,86,90)(H,95,96)(H,97,98);;;;/q;2*+1;2*-1/b31-29-,32-30-;;;;/t69?,70?,71-,72-,73-,74-;;;;/m1..../s1. The Morgan fingerprint density at radius 2 is 0.709 bits per heavy atom. The van der Waals surface area contributed by atoms with Crippen molar-refractivity contribution in [3.8, 4) is 0 Å². The van der Waals surface area contributed by atoms with E-state index in [1.165, 1.54) is 62.8 Å². The van der Waals surface area contributed by atoms with E-state index in [2.05, 4.69) is 87.1 Å². The van der Waals surface area contributed by atoms with Crippen LogP contribution in [0, 0.1) is 0 Å². The fraction of sp³-hybridized carbons (Fsp3) is 0.805. The molecule has 0 spiro atoms. The fourth-order valence-corrected chi connectivity index (χ4v) is 13.5. The minimum Gasteiger partial charge on any atom is -1.00 e. The Bertz CT molecular complexity index is 2460. The van der Waals surface area contributed by atoms with Crippen LogP contribution in [0.1, 0.15) is 348 Å². The average molecular weight is 1620 g/mol. The molecular formula is C82H150N4Na2O20P2. The minimum absolute atomic E-state index is 0. The molecule has 0 aliphatic heterocycles. The molecule has 110 heavy (non-hydrogen) atoms. The van der Waals surface area contributed by atoms with Gasteiger partial charge in [0.05, 0.1) is 87.9 Å². The number of carbonyl (C=O) groups excluding carboxylic acids is 6. The number of amides is 4. The number of hydrogen-bond acceptors (Lipinski definition) is 18. The maximum Gasteiger partial charge on any atom is 1.00 e. The van der Waals surface area contributed by atoms with Gasteiger partial charge >= 0.3 is 86.7 Å². The normalized spacial score (nSPS) is 14.3. The number of phosphoric acid groups is 2. The summed E-state index contributed by atoms with van der Waals surface area (Å²) in [5, 5.41) is 32.0. The first-order chi connectivity index (χ1) is 52.2. The first-order valence-electron chi connectivity index (χ1n) is 41.9. The molecule has 8 N–H and O–H groups in total. The number of nitrogens with one attached hydrogen (secondary N) is 4. The molecule has 28 heteroatoms. The van der Waals surface area contributed by atoms with Crippen molar-refractivity contribution in [1.29, 1.82) is 0 Å². The molecule has 0 heterocycles. The molecule has 0 saturated heterocycles. The molecule has 4 amide bonds. The average Bonchev–Trinajstić information content (AvgIpc) is 0.843. The van der Waals surface area contributed by atoms with Crippen LogP contribution in [0.25, 0.3) is 0 Å². The van der Waals surface area contributed by atoms with E-state index in [-0.39, 0.29) is 150 Å². The first kappa shape index (κ1) is 110. The van der Waals surface area contributed by atoms with E-state index in [0.29, 0.717) is 51.4 Å². The van der Waals surface area contributed by atoms with E-state index in [1.807, 2.05) is 0 Å². The fourth-order valence-electron chi connectivity index (χ4n) is 12.0. The molecule has 4 unspecified atom stereocenters. The minimum atomic E-state index is -4.84. The van der Waals surface area contributed by atoms with Gasteiger partial charge in [0, 0.05) is 39.1 Å². The number of aliphatic hydroxyl groups excluding tert-OH is 2. The van der Waals surface area contributed by atoms with Crippen molar-refractivity contribution in [2.24, 2.45) is 0 Å². The molecule has 8 atom stereocenters. The van der Waals surface area contributed by atoms with Crippen molar-refractivity contribution < 1.29 is 157 Å². The maximum atomic E-state index is 13.7. The van der Waals surface area contributed by atoms with E-state index in [4.69, 9.17) is 37.0 Å². The van der Waals surface area contributed by atoms with Gasteiger partial charge in [0.1, 0.15) is 12.2 Å². The number of benzene rings is 1. The van der Waals surface area contributed by atoms with Gasteiger partial charge in [-0.3, -0.25) is 46.9 Å². The molecule has 24 nitrogen and oxygen atoms in total. The van der Waals surface area contributed by atoms with Gasteiger partial charge in [0.2, 0.25) is 11.8 Å². The second kappa shape index (κ2) is 75.3. The SMILES string of the molecule is CCCCCC/C=C\CCCC(=O)O[C@H](CCCCCCC)CC(=O)NC(COCC[C@H](O)CCCCCCC)COP(=O)(O)OCCNC(=O)c1ccccc1C(=O)NCCOP(=O)(O)OCC(COCC[C@H](O)CCCCCCC)NC(=O)C[C@@H](CCCCCCC)OC(=O)CCC/C=C\CCCCCC.[H-].[H-].[Na+].[Na+]. The summed E-state index contributed by atoms with van der Waals surface area (Å²) < 4.78 is 71.3. The van der Waals surface area contributed by atoms with Crippen molar-refractivity contribution in [2.45, 2.75) is 361 Å². The number of unbranched alkanes of at least 4 members (excludes halogenated alkanes) is 26. The molecule has 1 aromatic rings. The van der Waals surface area contributed by atoms with Crippen LogP contribution in [0.15, 0.2) is 48.6 Å². The van der Waals surface area contributed by atoms with Crippen LogP contribution in [0.2, 0.25) is 0 Å². The van der Waals surface area contributed by atoms with Gasteiger partial charge in [0.25, 0.3) is 11.8 Å². The molecular weight excluding hydrogens is 1470 g/mol. The zero-order valence-electron chi connectivity index (χ0n) is 71.5. The Hall–Kier alpha value is -2.42. The Labute approximate surface area is 710 Å². The van der Waals surface area contributed by atoms with Crippen molar-refractivity contribution in [3.05, 3.63) is 59.7 Å². The van der Waals surface area contributed by atoms with E-state index in [9.17, 15) is 57.9 Å². The predicted octanol–water partition coefficient (Wildman–Crippen LogP) is 11.6. The quantitative estimate of drug-likeness (QED) is 0.00987. The van der Waals surface area contributed by atoms with Crippen LogP contribution in [0.3, 0.4) is 0 Å². The van der Waals surface area contributed by atoms with E-state index >= 15 is 0 Å². The molecule has 0 saturated carbocycles.